The second-order valence-corrected chi connectivity index (χ2v) is 8.88. The lowest BCUT2D eigenvalue weighted by Gasteiger charge is -2.33. The number of carbonyl (C=O) groups is 1. The van der Waals surface area contributed by atoms with Crippen LogP contribution < -0.4 is 0 Å². The quantitative estimate of drug-likeness (QED) is 0.615. The van der Waals surface area contributed by atoms with Gasteiger partial charge in [-0.15, -0.1) is 0 Å². The van der Waals surface area contributed by atoms with Gasteiger partial charge >= 0.3 is 0 Å². The zero-order chi connectivity index (χ0) is 19.7. The molecule has 0 bridgehead atoms. The summed E-state index contributed by atoms with van der Waals surface area (Å²) in [7, 11) is -3.60. The van der Waals surface area contributed by atoms with Crippen LogP contribution in [0.4, 0.5) is 0 Å². The third-order valence-electron chi connectivity index (χ3n) is 5.09. The van der Waals surface area contributed by atoms with Crippen LogP contribution in [0.5, 0.6) is 0 Å². The topological polar surface area (TPSA) is 75.0 Å². The van der Waals surface area contributed by atoms with E-state index < -0.39 is 10.0 Å². The van der Waals surface area contributed by atoms with Gasteiger partial charge < -0.3 is 4.40 Å². The van der Waals surface area contributed by atoms with Crippen molar-refractivity contribution in [3.05, 3.63) is 66.1 Å². The summed E-state index contributed by atoms with van der Waals surface area (Å²) in [5.74, 6) is -0.144. The highest BCUT2D eigenvalue weighted by Crippen LogP contribution is 2.20. The number of Topliss-reactive ketones (excluding diaryl/α,β-unsaturated/α-hetero) is 1. The number of imidazole rings is 1. The Morgan fingerprint density at radius 2 is 1.86 bits per heavy atom. The smallest absolute Gasteiger partial charge is 0.243 e. The monoisotopic (exact) mass is 398 g/mol. The molecule has 1 aliphatic heterocycles. The molecule has 0 unspecified atom stereocenters. The number of ketones is 1. The number of benzene rings is 1. The zero-order valence-corrected chi connectivity index (χ0v) is 16.5. The first-order valence-corrected chi connectivity index (χ1v) is 10.6. The second-order valence-electron chi connectivity index (χ2n) is 6.94. The van der Waals surface area contributed by atoms with Crippen molar-refractivity contribution < 1.29 is 13.2 Å². The van der Waals surface area contributed by atoms with Crippen LogP contribution >= 0.6 is 0 Å². The van der Waals surface area contributed by atoms with Gasteiger partial charge in [0.2, 0.25) is 10.0 Å². The molecule has 0 saturated carbocycles. The Balaban J connectivity index is 1.45. The molecule has 7 nitrogen and oxygen atoms in total. The molecular weight excluding hydrogens is 376 g/mol. The summed E-state index contributed by atoms with van der Waals surface area (Å²) >= 11 is 0. The molecule has 3 heterocycles. The molecule has 0 spiro atoms. The van der Waals surface area contributed by atoms with Crippen LogP contribution in [-0.2, 0) is 16.6 Å². The summed E-state index contributed by atoms with van der Waals surface area (Å²) in [5.41, 5.74) is 2.40. The van der Waals surface area contributed by atoms with Gasteiger partial charge in [-0.2, -0.15) is 4.31 Å². The van der Waals surface area contributed by atoms with E-state index in [1.54, 1.807) is 18.2 Å². The lowest BCUT2D eigenvalue weighted by molar-refractivity contribution is 0.101. The molecule has 28 heavy (non-hydrogen) atoms. The zero-order valence-electron chi connectivity index (χ0n) is 15.7. The molecule has 1 fully saturated rings. The molecule has 8 heteroatoms. The Labute approximate surface area is 164 Å². The summed E-state index contributed by atoms with van der Waals surface area (Å²) in [5, 5.41) is 0. The number of sulfonamides is 1. The molecule has 1 aromatic carbocycles. The standard InChI is InChI=1S/C20H22N4O3S/c1-16(25)17-5-4-6-19(13-17)28(26,27)23-11-9-22(10-12-23)15-18-14-21-20-7-2-3-8-24(18)20/h2-8,13-14H,9-12,15H2,1H3. The number of pyridine rings is 1. The Morgan fingerprint density at radius 3 is 2.61 bits per heavy atom. The largest absolute Gasteiger partial charge is 0.303 e. The van der Waals surface area contributed by atoms with Crippen LogP contribution in [0.25, 0.3) is 5.65 Å². The van der Waals surface area contributed by atoms with Crippen molar-refractivity contribution in [1.82, 2.24) is 18.6 Å². The van der Waals surface area contributed by atoms with Gasteiger partial charge in [-0.1, -0.05) is 18.2 Å². The minimum absolute atomic E-state index is 0.144. The molecule has 0 atom stereocenters. The first-order chi connectivity index (χ1) is 13.4. The van der Waals surface area contributed by atoms with E-state index in [9.17, 15) is 13.2 Å². The summed E-state index contributed by atoms with van der Waals surface area (Å²) in [6, 6.07) is 12.1. The van der Waals surface area contributed by atoms with Crippen molar-refractivity contribution in [3.8, 4) is 0 Å². The number of nitrogens with zero attached hydrogens (tertiary/aromatic N) is 4. The first kappa shape index (κ1) is 18.8. The number of hydrogen-bond acceptors (Lipinski definition) is 5. The Bertz CT molecular complexity index is 1120. The van der Waals surface area contributed by atoms with Gasteiger partial charge in [0.1, 0.15) is 5.65 Å². The highest BCUT2D eigenvalue weighted by atomic mass is 32.2. The Hall–Kier alpha value is -2.55. The number of rotatable bonds is 5. The van der Waals surface area contributed by atoms with Gasteiger partial charge in [0.05, 0.1) is 16.8 Å². The van der Waals surface area contributed by atoms with E-state index in [0.717, 1.165) is 17.9 Å². The average Bonchev–Trinajstić information content (AvgIpc) is 3.11. The summed E-state index contributed by atoms with van der Waals surface area (Å²) in [6.45, 7) is 4.29. The minimum atomic E-state index is -3.60. The van der Waals surface area contributed by atoms with Gasteiger partial charge in [-0.3, -0.25) is 9.69 Å². The normalized spacial score (nSPS) is 16.5. The second kappa shape index (κ2) is 7.46. The Kier molecular flexibility index (Phi) is 5.01. The Morgan fingerprint density at radius 1 is 1.07 bits per heavy atom. The molecule has 1 aliphatic rings. The van der Waals surface area contributed by atoms with E-state index in [-0.39, 0.29) is 10.7 Å². The molecule has 4 rings (SSSR count). The van der Waals surface area contributed by atoms with Gasteiger partial charge in [0.25, 0.3) is 0 Å². The predicted molar refractivity (Wildman–Crippen MR) is 106 cm³/mol. The van der Waals surface area contributed by atoms with E-state index in [1.807, 2.05) is 30.6 Å². The van der Waals surface area contributed by atoms with Crippen molar-refractivity contribution in [3.63, 3.8) is 0 Å². The number of hydrogen-bond donors (Lipinski definition) is 0. The summed E-state index contributed by atoms with van der Waals surface area (Å²) in [6.07, 6.45) is 3.85. The maximum atomic E-state index is 12.9. The van der Waals surface area contributed by atoms with Crippen molar-refractivity contribution >= 4 is 21.5 Å². The lowest BCUT2D eigenvalue weighted by Crippen LogP contribution is -2.48. The van der Waals surface area contributed by atoms with Crippen LogP contribution in [-0.4, -0.2) is 59.0 Å². The van der Waals surface area contributed by atoms with Crippen LogP contribution in [0.15, 0.2) is 59.8 Å². The van der Waals surface area contributed by atoms with E-state index in [1.165, 1.54) is 17.3 Å². The van der Waals surface area contributed by atoms with E-state index in [0.29, 0.717) is 31.7 Å². The van der Waals surface area contributed by atoms with Crippen molar-refractivity contribution in [2.24, 2.45) is 0 Å². The average molecular weight is 398 g/mol. The predicted octanol–water partition coefficient (Wildman–Crippen LogP) is 2.04. The summed E-state index contributed by atoms with van der Waals surface area (Å²) < 4.78 is 29.4. The molecule has 1 saturated heterocycles. The minimum Gasteiger partial charge on any atom is -0.303 e. The lowest BCUT2D eigenvalue weighted by atomic mass is 10.2. The molecule has 0 aliphatic carbocycles. The number of aromatic nitrogens is 2. The maximum Gasteiger partial charge on any atom is 0.243 e. The molecule has 3 aromatic rings. The molecule has 0 N–H and O–H groups in total. The number of carbonyl (C=O) groups excluding carboxylic acids is 1. The fraction of sp³-hybridized carbons (Fsp3) is 0.300. The van der Waals surface area contributed by atoms with Gasteiger partial charge in [-0.25, -0.2) is 13.4 Å². The van der Waals surface area contributed by atoms with Crippen LogP contribution in [0.1, 0.15) is 23.0 Å². The van der Waals surface area contributed by atoms with Gasteiger partial charge in [0, 0.05) is 44.5 Å². The molecule has 0 amide bonds. The number of fused-ring (bicyclic) bond motifs is 1. The first-order valence-electron chi connectivity index (χ1n) is 9.19. The van der Waals surface area contributed by atoms with Crippen molar-refractivity contribution in [1.29, 1.82) is 0 Å². The van der Waals surface area contributed by atoms with Crippen LogP contribution in [0.3, 0.4) is 0 Å². The molecule has 2 aromatic heterocycles. The van der Waals surface area contributed by atoms with Crippen molar-refractivity contribution in [2.45, 2.75) is 18.4 Å². The van der Waals surface area contributed by atoms with E-state index in [4.69, 9.17) is 0 Å². The van der Waals surface area contributed by atoms with Gasteiger partial charge in [0.15, 0.2) is 5.78 Å². The van der Waals surface area contributed by atoms with Gasteiger partial charge in [-0.05, 0) is 31.2 Å². The SMILES string of the molecule is CC(=O)c1cccc(S(=O)(=O)N2CCN(Cc3cnc4ccccn34)CC2)c1. The summed E-state index contributed by atoms with van der Waals surface area (Å²) in [4.78, 5) is 18.4. The van der Waals surface area contributed by atoms with E-state index in [2.05, 4.69) is 14.3 Å². The molecule has 0 radical (unpaired) electrons. The van der Waals surface area contributed by atoms with Crippen LogP contribution in [0.2, 0.25) is 0 Å². The van der Waals surface area contributed by atoms with Crippen LogP contribution in [0, 0.1) is 0 Å². The third-order valence-corrected chi connectivity index (χ3v) is 6.98. The highest BCUT2D eigenvalue weighted by molar-refractivity contribution is 7.89. The van der Waals surface area contributed by atoms with Crippen molar-refractivity contribution in [2.75, 3.05) is 26.2 Å². The molecular formula is C20H22N4O3S. The van der Waals surface area contributed by atoms with E-state index >= 15 is 0 Å². The fourth-order valence-corrected chi connectivity index (χ4v) is 4.95. The number of piperazine rings is 1. The molecule has 146 valence electrons. The maximum absolute atomic E-state index is 12.9. The fourth-order valence-electron chi connectivity index (χ4n) is 3.48. The highest BCUT2D eigenvalue weighted by Gasteiger charge is 2.29. The third kappa shape index (κ3) is 3.58.